The topological polar surface area (TPSA) is 53.8 Å². The Hall–Kier alpha value is -2.04. The summed E-state index contributed by atoms with van der Waals surface area (Å²) >= 11 is 0. The highest BCUT2D eigenvalue weighted by Gasteiger charge is 2.44. The molecule has 0 radical (unpaired) electrons. The van der Waals surface area contributed by atoms with E-state index >= 15 is 0 Å². The van der Waals surface area contributed by atoms with Gasteiger partial charge in [0.15, 0.2) is 0 Å². The van der Waals surface area contributed by atoms with Crippen molar-refractivity contribution in [2.24, 2.45) is 0 Å². The molecule has 5 nitrogen and oxygen atoms in total. The van der Waals surface area contributed by atoms with Gasteiger partial charge in [0, 0.05) is 19.5 Å². The second kappa shape index (κ2) is 5.39. The van der Waals surface area contributed by atoms with Crippen LogP contribution in [0, 0.1) is 6.92 Å². The van der Waals surface area contributed by atoms with Crippen LogP contribution in [0.25, 0.3) is 0 Å². The van der Waals surface area contributed by atoms with Crippen LogP contribution in [0.5, 0.6) is 0 Å². The Morgan fingerprint density at radius 3 is 2.95 bits per heavy atom. The van der Waals surface area contributed by atoms with E-state index < -0.39 is 0 Å². The molecular formula is C16H20N2O3. The molecule has 1 aromatic rings. The van der Waals surface area contributed by atoms with Crippen LogP contribution >= 0.6 is 0 Å². The molecule has 0 saturated carbocycles. The minimum Gasteiger partial charge on any atom is -0.469 e. The fourth-order valence-electron chi connectivity index (χ4n) is 3.54. The van der Waals surface area contributed by atoms with E-state index in [1.807, 2.05) is 9.80 Å². The zero-order chi connectivity index (χ0) is 15.0. The summed E-state index contributed by atoms with van der Waals surface area (Å²) in [5, 5.41) is 0. The van der Waals surface area contributed by atoms with Crippen LogP contribution < -0.4 is 0 Å². The Morgan fingerprint density at radius 2 is 2.29 bits per heavy atom. The minimum atomic E-state index is 0.0154. The number of piperidine rings is 1. The van der Waals surface area contributed by atoms with Gasteiger partial charge < -0.3 is 14.2 Å². The third kappa shape index (κ3) is 2.26. The molecule has 5 heteroatoms. The molecule has 0 aromatic carbocycles. The van der Waals surface area contributed by atoms with Gasteiger partial charge in [-0.1, -0.05) is 6.08 Å². The van der Waals surface area contributed by atoms with Crippen LogP contribution in [0.3, 0.4) is 0 Å². The van der Waals surface area contributed by atoms with Crippen molar-refractivity contribution >= 4 is 11.8 Å². The van der Waals surface area contributed by atoms with Crippen molar-refractivity contribution < 1.29 is 14.0 Å². The number of furan rings is 1. The maximum atomic E-state index is 12.7. The third-order valence-corrected chi connectivity index (χ3v) is 4.56. The van der Waals surface area contributed by atoms with Gasteiger partial charge in [-0.05, 0) is 25.8 Å². The number of fused-ring (bicyclic) bond motifs is 1. The van der Waals surface area contributed by atoms with Gasteiger partial charge in [0.1, 0.15) is 5.76 Å². The summed E-state index contributed by atoms with van der Waals surface area (Å²) in [5.41, 5.74) is 0.628. The lowest BCUT2D eigenvalue weighted by Gasteiger charge is -2.39. The summed E-state index contributed by atoms with van der Waals surface area (Å²) in [6.45, 7) is 6.78. The van der Waals surface area contributed by atoms with E-state index in [0.717, 1.165) is 12.8 Å². The molecule has 0 unspecified atom stereocenters. The van der Waals surface area contributed by atoms with Crippen molar-refractivity contribution in [3.05, 3.63) is 36.3 Å². The molecule has 2 aliphatic rings. The van der Waals surface area contributed by atoms with Gasteiger partial charge in [-0.3, -0.25) is 9.59 Å². The Labute approximate surface area is 124 Å². The van der Waals surface area contributed by atoms with Gasteiger partial charge in [-0.2, -0.15) is 0 Å². The maximum absolute atomic E-state index is 12.7. The quantitative estimate of drug-likeness (QED) is 0.799. The number of hydrogen-bond acceptors (Lipinski definition) is 3. The lowest BCUT2D eigenvalue weighted by atomic mass is 9.96. The molecule has 3 heterocycles. The highest BCUT2D eigenvalue weighted by molar-refractivity contribution is 5.95. The monoisotopic (exact) mass is 288 g/mol. The fourth-order valence-corrected chi connectivity index (χ4v) is 3.54. The van der Waals surface area contributed by atoms with E-state index in [1.165, 1.54) is 0 Å². The number of carbonyl (C=O) groups excluding carboxylic acids is 2. The van der Waals surface area contributed by atoms with E-state index in [1.54, 1.807) is 25.3 Å². The minimum absolute atomic E-state index is 0.0154. The van der Waals surface area contributed by atoms with E-state index in [0.29, 0.717) is 30.8 Å². The standard InChI is InChI=1S/C16H20N2O3/c1-3-8-17-14-6-9-18(13(14)4-5-15(17)19)16(20)12-7-10-21-11(12)2/h3,7,10,13-14H,1,4-6,8-9H2,2H3/t13-,14-/m0/s1. The molecule has 3 rings (SSSR count). The molecule has 2 aliphatic heterocycles. The van der Waals surface area contributed by atoms with Gasteiger partial charge in [-0.25, -0.2) is 0 Å². The Balaban J connectivity index is 1.81. The van der Waals surface area contributed by atoms with Crippen LogP contribution in [0.2, 0.25) is 0 Å². The first-order chi connectivity index (χ1) is 10.1. The van der Waals surface area contributed by atoms with Gasteiger partial charge >= 0.3 is 0 Å². The van der Waals surface area contributed by atoms with Crippen molar-refractivity contribution in [1.82, 2.24) is 9.80 Å². The van der Waals surface area contributed by atoms with E-state index in [2.05, 4.69) is 6.58 Å². The smallest absolute Gasteiger partial charge is 0.257 e. The highest BCUT2D eigenvalue weighted by atomic mass is 16.3. The average Bonchev–Trinajstić information content (AvgIpc) is 3.07. The molecule has 2 atom stereocenters. The van der Waals surface area contributed by atoms with Crippen LogP contribution in [-0.2, 0) is 4.79 Å². The predicted octanol–water partition coefficient (Wildman–Crippen LogP) is 1.98. The number of carbonyl (C=O) groups is 2. The number of aryl methyl sites for hydroxylation is 1. The number of amides is 2. The zero-order valence-corrected chi connectivity index (χ0v) is 12.2. The van der Waals surface area contributed by atoms with Crippen molar-refractivity contribution in [1.29, 1.82) is 0 Å². The summed E-state index contributed by atoms with van der Waals surface area (Å²) in [7, 11) is 0. The molecular weight excluding hydrogens is 268 g/mol. The molecule has 0 aliphatic carbocycles. The van der Waals surface area contributed by atoms with Crippen LogP contribution in [-0.4, -0.2) is 46.8 Å². The van der Waals surface area contributed by atoms with E-state index in [-0.39, 0.29) is 23.9 Å². The Bertz CT molecular complexity index is 578. The van der Waals surface area contributed by atoms with Crippen molar-refractivity contribution in [3.8, 4) is 0 Å². The SMILES string of the molecule is C=CCN1C(=O)CC[C@H]2[C@@H]1CCN2C(=O)c1ccoc1C. The number of likely N-dealkylation sites (tertiary alicyclic amines) is 2. The van der Waals surface area contributed by atoms with Gasteiger partial charge in [0.2, 0.25) is 5.91 Å². The summed E-state index contributed by atoms with van der Waals surface area (Å²) in [6, 6.07) is 1.96. The van der Waals surface area contributed by atoms with Crippen molar-refractivity contribution in [3.63, 3.8) is 0 Å². The molecule has 112 valence electrons. The second-order valence-corrected chi connectivity index (χ2v) is 5.69. The first kappa shape index (κ1) is 13.9. The zero-order valence-electron chi connectivity index (χ0n) is 12.2. The molecule has 1 aromatic heterocycles. The average molecular weight is 288 g/mol. The van der Waals surface area contributed by atoms with E-state index in [4.69, 9.17) is 4.42 Å². The Kier molecular flexibility index (Phi) is 3.57. The lowest BCUT2D eigenvalue weighted by molar-refractivity contribution is -0.136. The maximum Gasteiger partial charge on any atom is 0.257 e. The molecule has 0 bridgehead atoms. The first-order valence-corrected chi connectivity index (χ1v) is 7.39. The number of nitrogens with zero attached hydrogens (tertiary/aromatic N) is 2. The molecule has 2 fully saturated rings. The van der Waals surface area contributed by atoms with Crippen LogP contribution in [0.4, 0.5) is 0 Å². The van der Waals surface area contributed by atoms with Gasteiger partial charge in [0.05, 0.1) is 23.9 Å². The third-order valence-electron chi connectivity index (χ3n) is 4.56. The fraction of sp³-hybridized carbons (Fsp3) is 0.500. The molecule has 2 amide bonds. The van der Waals surface area contributed by atoms with Crippen LogP contribution in [0.1, 0.15) is 35.4 Å². The summed E-state index contributed by atoms with van der Waals surface area (Å²) in [6.07, 6.45) is 5.39. The first-order valence-electron chi connectivity index (χ1n) is 7.39. The second-order valence-electron chi connectivity index (χ2n) is 5.69. The summed E-state index contributed by atoms with van der Waals surface area (Å²) in [4.78, 5) is 28.5. The number of hydrogen-bond donors (Lipinski definition) is 0. The Morgan fingerprint density at radius 1 is 1.48 bits per heavy atom. The molecule has 0 N–H and O–H groups in total. The lowest BCUT2D eigenvalue weighted by Crippen LogP contribution is -2.53. The van der Waals surface area contributed by atoms with Gasteiger partial charge in [0.25, 0.3) is 5.91 Å². The largest absolute Gasteiger partial charge is 0.469 e. The van der Waals surface area contributed by atoms with Crippen molar-refractivity contribution in [2.75, 3.05) is 13.1 Å². The molecule has 0 spiro atoms. The van der Waals surface area contributed by atoms with Crippen LogP contribution in [0.15, 0.2) is 29.4 Å². The summed E-state index contributed by atoms with van der Waals surface area (Å²) in [5.74, 6) is 0.838. The van der Waals surface area contributed by atoms with Crippen molar-refractivity contribution in [2.45, 2.75) is 38.3 Å². The summed E-state index contributed by atoms with van der Waals surface area (Å²) < 4.78 is 5.23. The molecule has 2 saturated heterocycles. The predicted molar refractivity (Wildman–Crippen MR) is 77.8 cm³/mol. The number of rotatable bonds is 3. The molecule has 21 heavy (non-hydrogen) atoms. The highest BCUT2D eigenvalue weighted by Crippen LogP contribution is 2.32. The normalized spacial score (nSPS) is 25.1. The van der Waals surface area contributed by atoms with E-state index in [9.17, 15) is 9.59 Å². The van der Waals surface area contributed by atoms with Gasteiger partial charge in [-0.15, -0.1) is 6.58 Å².